The lowest BCUT2D eigenvalue weighted by Gasteiger charge is -2.06. The molecule has 0 aliphatic carbocycles. The molecule has 0 saturated heterocycles. The molecule has 0 aromatic carbocycles. The molecule has 2 rings (SSSR count). The van der Waals surface area contributed by atoms with E-state index < -0.39 is 0 Å². The van der Waals surface area contributed by atoms with Crippen LogP contribution >= 0.6 is 0 Å². The summed E-state index contributed by atoms with van der Waals surface area (Å²) in [5, 5.41) is 6.82. The Hall–Kier alpha value is -2.28. The summed E-state index contributed by atoms with van der Waals surface area (Å²) in [6.45, 7) is 0.718. The lowest BCUT2D eigenvalue weighted by Crippen LogP contribution is -2.11. The van der Waals surface area contributed by atoms with E-state index in [4.69, 9.17) is 5.73 Å². The van der Waals surface area contributed by atoms with Crippen molar-refractivity contribution >= 4 is 11.6 Å². The lowest BCUT2D eigenvalue weighted by atomic mass is 10.1. The van der Waals surface area contributed by atoms with Crippen molar-refractivity contribution in [1.29, 1.82) is 0 Å². The Morgan fingerprint density at radius 3 is 2.76 bits per heavy atom. The number of aromatic nitrogens is 4. The Bertz CT molecular complexity index is 537. The van der Waals surface area contributed by atoms with Crippen molar-refractivity contribution in [2.24, 2.45) is 5.73 Å². The Labute approximate surface area is 123 Å². The van der Waals surface area contributed by atoms with Crippen LogP contribution in [0.4, 0.5) is 5.69 Å². The van der Waals surface area contributed by atoms with Gasteiger partial charge in [-0.2, -0.15) is 5.10 Å². The topological polar surface area (TPSA) is 98.7 Å². The second kappa shape index (κ2) is 8.11. The summed E-state index contributed by atoms with van der Waals surface area (Å²) in [6.07, 6.45) is 9.18. The highest BCUT2D eigenvalue weighted by molar-refractivity contribution is 5.90. The first-order chi connectivity index (χ1) is 10.3. The normalized spacial score (nSPS) is 10.5. The van der Waals surface area contributed by atoms with Crippen LogP contribution in [-0.2, 0) is 4.79 Å². The number of pyridine rings is 1. The van der Waals surface area contributed by atoms with E-state index in [1.807, 2.05) is 0 Å². The molecule has 2 heterocycles. The molecule has 2 aromatic rings. The van der Waals surface area contributed by atoms with E-state index in [-0.39, 0.29) is 5.91 Å². The SMILES string of the molecule is NCCCCCCC(=O)Nc1ccc(-n2cncn2)nc1. The fourth-order valence-corrected chi connectivity index (χ4v) is 1.93. The fourth-order valence-electron chi connectivity index (χ4n) is 1.93. The summed E-state index contributed by atoms with van der Waals surface area (Å²) >= 11 is 0. The van der Waals surface area contributed by atoms with E-state index >= 15 is 0 Å². The van der Waals surface area contributed by atoms with Crippen LogP contribution in [0.15, 0.2) is 31.0 Å². The highest BCUT2D eigenvalue weighted by Crippen LogP contribution is 2.10. The standard InChI is InChI=1S/C14H20N6O/c15-8-4-2-1-3-5-14(21)19-12-6-7-13(17-9-12)20-11-16-10-18-20/h6-7,9-11H,1-5,8,15H2,(H,19,21). The van der Waals surface area contributed by atoms with Crippen LogP contribution in [0.1, 0.15) is 32.1 Å². The Balaban J connectivity index is 1.76. The molecule has 1 amide bonds. The third-order valence-electron chi connectivity index (χ3n) is 3.04. The van der Waals surface area contributed by atoms with Crippen LogP contribution < -0.4 is 11.1 Å². The van der Waals surface area contributed by atoms with E-state index in [0.29, 0.717) is 17.9 Å². The van der Waals surface area contributed by atoms with Crippen molar-refractivity contribution in [2.45, 2.75) is 32.1 Å². The summed E-state index contributed by atoms with van der Waals surface area (Å²) in [6, 6.07) is 3.59. The predicted octanol–water partition coefficient (Wildman–Crippen LogP) is 1.51. The van der Waals surface area contributed by atoms with Crippen molar-refractivity contribution in [3.05, 3.63) is 31.0 Å². The minimum Gasteiger partial charge on any atom is -0.330 e. The molecule has 0 spiro atoms. The Morgan fingerprint density at radius 2 is 2.10 bits per heavy atom. The largest absolute Gasteiger partial charge is 0.330 e. The number of hydrogen-bond acceptors (Lipinski definition) is 5. The molecule has 0 fully saturated rings. The first kappa shape index (κ1) is 15.1. The van der Waals surface area contributed by atoms with E-state index in [2.05, 4.69) is 20.4 Å². The molecule has 21 heavy (non-hydrogen) atoms. The van der Waals surface area contributed by atoms with Crippen LogP contribution in [0.5, 0.6) is 0 Å². The maximum absolute atomic E-state index is 11.8. The number of nitrogens with one attached hydrogen (secondary N) is 1. The lowest BCUT2D eigenvalue weighted by molar-refractivity contribution is -0.116. The minimum atomic E-state index is 0.0121. The zero-order chi connectivity index (χ0) is 14.9. The average Bonchev–Trinajstić information content (AvgIpc) is 3.02. The van der Waals surface area contributed by atoms with Gasteiger partial charge in [0.25, 0.3) is 0 Å². The minimum absolute atomic E-state index is 0.0121. The molecule has 7 heteroatoms. The van der Waals surface area contributed by atoms with E-state index in [1.54, 1.807) is 29.3 Å². The molecule has 0 radical (unpaired) electrons. The van der Waals surface area contributed by atoms with Crippen molar-refractivity contribution in [1.82, 2.24) is 19.7 Å². The second-order valence-electron chi connectivity index (χ2n) is 4.75. The van der Waals surface area contributed by atoms with E-state index in [0.717, 1.165) is 32.2 Å². The first-order valence-electron chi connectivity index (χ1n) is 7.10. The van der Waals surface area contributed by atoms with Gasteiger partial charge in [-0.3, -0.25) is 4.79 Å². The van der Waals surface area contributed by atoms with Crippen LogP contribution in [-0.4, -0.2) is 32.2 Å². The first-order valence-corrected chi connectivity index (χ1v) is 7.10. The summed E-state index contributed by atoms with van der Waals surface area (Å²) in [4.78, 5) is 19.9. The third-order valence-corrected chi connectivity index (χ3v) is 3.04. The van der Waals surface area contributed by atoms with Gasteiger partial charge >= 0.3 is 0 Å². The molecule has 0 unspecified atom stereocenters. The molecule has 0 atom stereocenters. The molecule has 0 bridgehead atoms. The second-order valence-corrected chi connectivity index (χ2v) is 4.75. The molecular formula is C14H20N6O. The van der Waals surface area contributed by atoms with Crippen LogP contribution in [0.2, 0.25) is 0 Å². The third kappa shape index (κ3) is 4.96. The quantitative estimate of drug-likeness (QED) is 0.717. The molecule has 0 saturated carbocycles. The number of unbranched alkanes of at least 4 members (excludes halogenated alkanes) is 3. The maximum Gasteiger partial charge on any atom is 0.224 e. The number of nitrogens with two attached hydrogens (primary N) is 1. The van der Waals surface area contributed by atoms with Crippen molar-refractivity contribution < 1.29 is 4.79 Å². The number of hydrogen-bond donors (Lipinski definition) is 2. The monoisotopic (exact) mass is 288 g/mol. The summed E-state index contributed by atoms with van der Waals surface area (Å²) < 4.78 is 1.56. The van der Waals surface area contributed by atoms with Crippen LogP contribution in [0.25, 0.3) is 5.82 Å². The van der Waals surface area contributed by atoms with E-state index in [9.17, 15) is 4.79 Å². The zero-order valence-corrected chi connectivity index (χ0v) is 11.9. The highest BCUT2D eigenvalue weighted by atomic mass is 16.1. The summed E-state index contributed by atoms with van der Waals surface area (Å²) in [5.74, 6) is 0.672. The molecule has 0 aliphatic rings. The number of anilines is 1. The van der Waals surface area contributed by atoms with E-state index in [1.165, 1.54) is 6.33 Å². The Morgan fingerprint density at radius 1 is 1.24 bits per heavy atom. The molecule has 2 aromatic heterocycles. The van der Waals surface area contributed by atoms with Gasteiger partial charge in [0.1, 0.15) is 12.7 Å². The molecule has 0 aliphatic heterocycles. The maximum atomic E-state index is 11.8. The molecule has 7 nitrogen and oxygen atoms in total. The van der Waals surface area contributed by atoms with Gasteiger partial charge in [-0.05, 0) is 31.5 Å². The van der Waals surface area contributed by atoms with Gasteiger partial charge in [0.15, 0.2) is 5.82 Å². The average molecular weight is 288 g/mol. The van der Waals surface area contributed by atoms with Crippen LogP contribution in [0, 0.1) is 0 Å². The van der Waals surface area contributed by atoms with Gasteiger partial charge in [0, 0.05) is 6.42 Å². The number of carbonyl (C=O) groups is 1. The van der Waals surface area contributed by atoms with Gasteiger partial charge in [0.2, 0.25) is 5.91 Å². The van der Waals surface area contributed by atoms with Gasteiger partial charge < -0.3 is 11.1 Å². The highest BCUT2D eigenvalue weighted by Gasteiger charge is 2.04. The number of carbonyl (C=O) groups excluding carboxylic acids is 1. The van der Waals surface area contributed by atoms with Gasteiger partial charge in [-0.25, -0.2) is 14.6 Å². The number of nitrogens with zero attached hydrogens (tertiary/aromatic N) is 4. The van der Waals surface area contributed by atoms with Crippen molar-refractivity contribution in [3.8, 4) is 5.82 Å². The Kier molecular flexibility index (Phi) is 5.83. The molecular weight excluding hydrogens is 268 g/mol. The van der Waals surface area contributed by atoms with Gasteiger partial charge in [0.05, 0.1) is 11.9 Å². The van der Waals surface area contributed by atoms with Gasteiger partial charge in [-0.1, -0.05) is 12.8 Å². The smallest absolute Gasteiger partial charge is 0.224 e. The molecule has 112 valence electrons. The van der Waals surface area contributed by atoms with Crippen molar-refractivity contribution in [2.75, 3.05) is 11.9 Å². The number of amides is 1. The van der Waals surface area contributed by atoms with Gasteiger partial charge in [-0.15, -0.1) is 0 Å². The number of rotatable bonds is 8. The zero-order valence-electron chi connectivity index (χ0n) is 11.9. The summed E-state index contributed by atoms with van der Waals surface area (Å²) in [7, 11) is 0. The van der Waals surface area contributed by atoms with Crippen LogP contribution in [0.3, 0.4) is 0 Å². The van der Waals surface area contributed by atoms with Crippen molar-refractivity contribution in [3.63, 3.8) is 0 Å². The predicted molar refractivity (Wildman–Crippen MR) is 79.9 cm³/mol. The summed E-state index contributed by atoms with van der Waals surface area (Å²) in [5.41, 5.74) is 6.11. The molecule has 3 N–H and O–H groups in total. The fraction of sp³-hybridized carbons (Fsp3) is 0.429.